The van der Waals surface area contributed by atoms with Gasteiger partial charge in [0.25, 0.3) is 0 Å². The molecule has 0 saturated heterocycles. The molecule has 0 rings (SSSR count). The van der Waals surface area contributed by atoms with Crippen molar-refractivity contribution in [2.24, 2.45) is 5.73 Å². The maximum Gasteiger partial charge on any atom is 0.0198 e. The van der Waals surface area contributed by atoms with Crippen molar-refractivity contribution < 1.29 is 0 Å². The maximum atomic E-state index is 5.38. The van der Waals surface area contributed by atoms with E-state index >= 15 is 0 Å². The second kappa shape index (κ2) is 3.75. The molecule has 0 aliphatic rings. The Morgan fingerprint density at radius 3 is 2.50 bits per heavy atom. The highest BCUT2D eigenvalue weighted by atomic mass is 32.1. The Morgan fingerprint density at radius 1 is 1.88 bits per heavy atom. The van der Waals surface area contributed by atoms with Crippen molar-refractivity contribution in [3.63, 3.8) is 0 Å². The summed E-state index contributed by atoms with van der Waals surface area (Å²) in [6, 6.07) is 0.0962. The van der Waals surface area contributed by atoms with Crippen molar-refractivity contribution in [1.29, 1.82) is 0 Å². The van der Waals surface area contributed by atoms with Gasteiger partial charge < -0.3 is 5.73 Å². The van der Waals surface area contributed by atoms with E-state index in [0.29, 0.717) is 0 Å². The molecule has 1 nitrogen and oxygen atoms in total. The van der Waals surface area contributed by atoms with Crippen molar-refractivity contribution in [2.45, 2.75) is 13.0 Å². The third kappa shape index (κ3) is 5.79. The third-order valence-corrected chi connectivity index (χ3v) is 0.741. The topological polar surface area (TPSA) is 26.0 Å². The molecule has 0 fully saturated rings. The predicted molar refractivity (Wildman–Crippen MR) is 40.9 cm³/mol. The lowest BCUT2D eigenvalue weighted by molar-refractivity contribution is 0.926. The molecule has 0 spiro atoms. The van der Waals surface area contributed by atoms with E-state index in [1.54, 1.807) is 6.08 Å². The van der Waals surface area contributed by atoms with E-state index in [0.717, 1.165) is 4.91 Å². The zero-order valence-corrected chi connectivity index (χ0v) is 5.86. The van der Waals surface area contributed by atoms with Gasteiger partial charge in [0, 0.05) is 6.04 Å². The van der Waals surface area contributed by atoms with Crippen LogP contribution >= 0.6 is 12.6 Å². The standard InChI is InChI=1S/C6H11NS/c1-5(7)3-4-6(2)8/h3-5,8H,2,7H2,1H3/b4-3-. The van der Waals surface area contributed by atoms with Gasteiger partial charge in [-0.2, -0.15) is 0 Å². The van der Waals surface area contributed by atoms with Crippen molar-refractivity contribution in [3.05, 3.63) is 23.6 Å². The zero-order valence-electron chi connectivity index (χ0n) is 4.96. The van der Waals surface area contributed by atoms with Gasteiger partial charge in [0.2, 0.25) is 0 Å². The summed E-state index contributed by atoms with van der Waals surface area (Å²) in [5, 5.41) is 0. The number of thiol groups is 1. The van der Waals surface area contributed by atoms with Crippen molar-refractivity contribution in [2.75, 3.05) is 0 Å². The summed E-state index contributed by atoms with van der Waals surface area (Å²) >= 11 is 3.94. The summed E-state index contributed by atoms with van der Waals surface area (Å²) in [5.74, 6) is 0. The first-order chi connectivity index (χ1) is 3.63. The van der Waals surface area contributed by atoms with E-state index < -0.39 is 0 Å². The van der Waals surface area contributed by atoms with Crippen LogP contribution in [0.3, 0.4) is 0 Å². The molecule has 2 heteroatoms. The maximum absolute atomic E-state index is 5.38. The molecule has 0 saturated carbocycles. The molecule has 8 heavy (non-hydrogen) atoms. The van der Waals surface area contributed by atoms with Crippen LogP contribution in [0.1, 0.15) is 6.92 Å². The second-order valence-corrected chi connectivity index (χ2v) is 2.28. The smallest absolute Gasteiger partial charge is 0.0198 e. The minimum absolute atomic E-state index is 0.0962. The molecule has 46 valence electrons. The van der Waals surface area contributed by atoms with Gasteiger partial charge in [-0.1, -0.05) is 18.7 Å². The van der Waals surface area contributed by atoms with E-state index in [2.05, 4.69) is 19.2 Å². The van der Waals surface area contributed by atoms with E-state index in [4.69, 9.17) is 5.73 Å². The van der Waals surface area contributed by atoms with Crippen LogP contribution in [0, 0.1) is 0 Å². The van der Waals surface area contributed by atoms with E-state index in [1.807, 2.05) is 13.0 Å². The molecule has 0 amide bonds. The van der Waals surface area contributed by atoms with Crippen LogP contribution in [-0.2, 0) is 0 Å². The van der Waals surface area contributed by atoms with E-state index in [1.165, 1.54) is 0 Å². The summed E-state index contributed by atoms with van der Waals surface area (Å²) in [4.78, 5) is 0.738. The average Bonchev–Trinajstić information content (AvgIpc) is 1.61. The highest BCUT2D eigenvalue weighted by Gasteiger charge is 1.81. The van der Waals surface area contributed by atoms with Gasteiger partial charge in [-0.3, -0.25) is 0 Å². The van der Waals surface area contributed by atoms with Crippen molar-refractivity contribution >= 4 is 12.6 Å². The van der Waals surface area contributed by atoms with Crippen LogP contribution in [0.2, 0.25) is 0 Å². The molecule has 0 aromatic rings. The molecular formula is C6H11NS. The lowest BCUT2D eigenvalue weighted by atomic mass is 10.3. The molecular weight excluding hydrogens is 118 g/mol. The molecule has 1 unspecified atom stereocenters. The zero-order chi connectivity index (χ0) is 6.57. The Hall–Kier alpha value is -0.210. The van der Waals surface area contributed by atoms with Gasteiger partial charge in [0.15, 0.2) is 0 Å². The third-order valence-electron chi connectivity index (χ3n) is 0.592. The van der Waals surface area contributed by atoms with E-state index in [9.17, 15) is 0 Å². The minimum atomic E-state index is 0.0962. The second-order valence-electron chi connectivity index (χ2n) is 1.71. The van der Waals surface area contributed by atoms with Gasteiger partial charge >= 0.3 is 0 Å². The fraction of sp³-hybridized carbons (Fsp3) is 0.333. The predicted octanol–water partition coefficient (Wildman–Crippen LogP) is 1.33. The molecule has 0 aromatic heterocycles. The van der Waals surface area contributed by atoms with Crippen LogP contribution in [0.15, 0.2) is 23.6 Å². The fourth-order valence-corrected chi connectivity index (χ4v) is 0.349. The molecule has 0 aromatic carbocycles. The number of hydrogen-bond donors (Lipinski definition) is 2. The van der Waals surface area contributed by atoms with Crippen LogP contribution in [0.4, 0.5) is 0 Å². The summed E-state index contributed by atoms with van der Waals surface area (Å²) in [6.45, 7) is 5.44. The summed E-state index contributed by atoms with van der Waals surface area (Å²) < 4.78 is 0. The van der Waals surface area contributed by atoms with Crippen LogP contribution < -0.4 is 5.73 Å². The quantitative estimate of drug-likeness (QED) is 0.427. The van der Waals surface area contributed by atoms with Gasteiger partial charge in [-0.15, -0.1) is 12.6 Å². The number of nitrogens with two attached hydrogens (primary N) is 1. The Kier molecular flexibility index (Phi) is 3.65. The number of allylic oxidation sites excluding steroid dienone is 1. The summed E-state index contributed by atoms with van der Waals surface area (Å²) in [7, 11) is 0. The first kappa shape index (κ1) is 7.79. The first-order valence-corrected chi connectivity index (χ1v) is 2.89. The van der Waals surface area contributed by atoms with Crippen LogP contribution in [-0.4, -0.2) is 6.04 Å². The number of rotatable bonds is 2. The minimum Gasteiger partial charge on any atom is -0.325 e. The molecule has 0 aliphatic heterocycles. The van der Waals surface area contributed by atoms with Gasteiger partial charge in [0.1, 0.15) is 0 Å². The molecule has 0 heterocycles. The van der Waals surface area contributed by atoms with Crippen LogP contribution in [0.5, 0.6) is 0 Å². The fourth-order valence-electron chi connectivity index (χ4n) is 0.263. The molecule has 0 aliphatic carbocycles. The van der Waals surface area contributed by atoms with Gasteiger partial charge in [0.05, 0.1) is 0 Å². The van der Waals surface area contributed by atoms with Crippen molar-refractivity contribution in [3.8, 4) is 0 Å². The van der Waals surface area contributed by atoms with E-state index in [-0.39, 0.29) is 6.04 Å². The first-order valence-electron chi connectivity index (χ1n) is 2.44. The molecule has 2 N–H and O–H groups in total. The Balaban J connectivity index is 3.50. The normalized spacial score (nSPS) is 14.4. The Bertz CT molecular complexity index is 105. The lowest BCUT2D eigenvalue weighted by Crippen LogP contribution is -2.09. The Morgan fingerprint density at radius 2 is 2.38 bits per heavy atom. The number of hydrogen-bond acceptors (Lipinski definition) is 2. The highest BCUT2D eigenvalue weighted by Crippen LogP contribution is 1.96. The monoisotopic (exact) mass is 129 g/mol. The molecule has 0 radical (unpaired) electrons. The summed E-state index contributed by atoms with van der Waals surface area (Å²) in [5.41, 5.74) is 5.38. The lowest BCUT2D eigenvalue weighted by Gasteiger charge is -1.91. The molecule has 1 atom stereocenters. The van der Waals surface area contributed by atoms with Gasteiger partial charge in [-0.05, 0) is 11.8 Å². The molecule has 0 bridgehead atoms. The average molecular weight is 129 g/mol. The Labute approximate surface area is 55.7 Å². The summed E-state index contributed by atoms with van der Waals surface area (Å²) in [6.07, 6.45) is 3.63. The van der Waals surface area contributed by atoms with Crippen LogP contribution in [0.25, 0.3) is 0 Å². The largest absolute Gasteiger partial charge is 0.325 e. The van der Waals surface area contributed by atoms with Crippen molar-refractivity contribution in [1.82, 2.24) is 0 Å². The SMILES string of the molecule is C=C(S)/C=C\C(C)N. The highest BCUT2D eigenvalue weighted by molar-refractivity contribution is 7.84. The van der Waals surface area contributed by atoms with Gasteiger partial charge in [-0.25, -0.2) is 0 Å².